The molecule has 0 spiro atoms. The molecule has 1 fully saturated rings. The zero-order valence-electron chi connectivity index (χ0n) is 11.6. The molecule has 1 N–H and O–H groups in total. The van der Waals surface area contributed by atoms with E-state index in [1.165, 1.54) is 0 Å². The van der Waals surface area contributed by atoms with E-state index in [-0.39, 0.29) is 11.9 Å². The predicted molar refractivity (Wildman–Crippen MR) is 78.2 cm³/mol. The zero-order valence-corrected chi connectivity index (χ0v) is 12.4. The van der Waals surface area contributed by atoms with Gasteiger partial charge in [0.25, 0.3) is 0 Å². The van der Waals surface area contributed by atoms with Crippen LogP contribution in [0.3, 0.4) is 0 Å². The van der Waals surface area contributed by atoms with E-state index in [0.717, 1.165) is 37.8 Å². The van der Waals surface area contributed by atoms with Crippen LogP contribution in [0.4, 0.5) is 0 Å². The Morgan fingerprint density at radius 2 is 2.42 bits per heavy atom. The van der Waals surface area contributed by atoms with Gasteiger partial charge in [-0.25, -0.2) is 4.98 Å². The van der Waals surface area contributed by atoms with Crippen molar-refractivity contribution < 1.29 is 4.79 Å². The Kier molecular flexibility index (Phi) is 5.27. The molecule has 6 heteroatoms. The maximum atomic E-state index is 12.1. The summed E-state index contributed by atoms with van der Waals surface area (Å²) in [6, 6.07) is 0.201. The molecule has 1 aromatic rings. The molecule has 19 heavy (non-hydrogen) atoms. The fourth-order valence-electron chi connectivity index (χ4n) is 2.49. The molecule has 106 valence electrons. The van der Waals surface area contributed by atoms with Crippen LogP contribution in [0.15, 0.2) is 12.4 Å². The highest BCUT2D eigenvalue weighted by Crippen LogP contribution is 2.22. The first kappa shape index (κ1) is 14.4. The number of nitrogens with zero attached hydrogens (tertiary/aromatic N) is 3. The Morgan fingerprint density at radius 3 is 3.05 bits per heavy atom. The first-order chi connectivity index (χ1) is 9.26. The summed E-state index contributed by atoms with van der Waals surface area (Å²) >= 11 is 1.72. The van der Waals surface area contributed by atoms with Gasteiger partial charge < -0.3 is 9.88 Å². The predicted octanol–water partition coefficient (Wildman–Crippen LogP) is 1.37. The minimum atomic E-state index is 0.201. The number of piperazine rings is 1. The van der Waals surface area contributed by atoms with Crippen LogP contribution in [0.2, 0.25) is 0 Å². The van der Waals surface area contributed by atoms with Crippen molar-refractivity contribution in [3.05, 3.63) is 18.2 Å². The second-order valence-corrected chi connectivity index (χ2v) is 5.69. The third-order valence-corrected chi connectivity index (χ3v) is 4.22. The van der Waals surface area contributed by atoms with Crippen molar-refractivity contribution in [1.29, 1.82) is 0 Å². The number of nitrogens with one attached hydrogen (secondary N) is 1. The van der Waals surface area contributed by atoms with Crippen LogP contribution in [0.5, 0.6) is 0 Å². The van der Waals surface area contributed by atoms with Crippen molar-refractivity contribution in [3.63, 3.8) is 0 Å². The maximum absolute atomic E-state index is 12.1. The topological polar surface area (TPSA) is 52.2 Å². The lowest BCUT2D eigenvalue weighted by atomic mass is 10.1. The largest absolute Gasteiger partial charge is 0.347 e. The van der Waals surface area contributed by atoms with Crippen molar-refractivity contribution in [3.8, 4) is 0 Å². The Balaban J connectivity index is 2.01. The van der Waals surface area contributed by atoms with Gasteiger partial charge in [-0.3, -0.25) is 9.69 Å². The van der Waals surface area contributed by atoms with Crippen LogP contribution in [0.25, 0.3) is 0 Å². The fraction of sp³-hybridized carbons (Fsp3) is 0.692. The summed E-state index contributed by atoms with van der Waals surface area (Å²) in [4.78, 5) is 24.0. The summed E-state index contributed by atoms with van der Waals surface area (Å²) < 4.78 is 0. The van der Waals surface area contributed by atoms with Crippen molar-refractivity contribution >= 4 is 17.7 Å². The summed E-state index contributed by atoms with van der Waals surface area (Å²) in [5, 5.41) is 0. The molecule has 1 saturated heterocycles. The SMILES string of the molecule is CCN1CCN(C(=O)CCSC)C[C@H]1c1ncc[nH]1. The molecule has 1 aliphatic rings. The van der Waals surface area contributed by atoms with E-state index in [9.17, 15) is 4.79 Å². The van der Waals surface area contributed by atoms with E-state index in [1.54, 1.807) is 18.0 Å². The van der Waals surface area contributed by atoms with Gasteiger partial charge in [-0.15, -0.1) is 0 Å². The van der Waals surface area contributed by atoms with Gasteiger partial charge in [0, 0.05) is 44.2 Å². The van der Waals surface area contributed by atoms with Crippen LogP contribution in [0, 0.1) is 0 Å². The standard InChI is InChI=1S/C13H22N4OS/c1-3-16-7-8-17(12(18)4-9-19-2)10-11(16)13-14-5-6-15-13/h5-6,11H,3-4,7-10H2,1-2H3,(H,14,15)/t11-/m0/s1. The van der Waals surface area contributed by atoms with E-state index in [2.05, 4.69) is 21.8 Å². The number of aromatic amines is 1. The number of imidazole rings is 1. The van der Waals surface area contributed by atoms with E-state index in [0.29, 0.717) is 6.42 Å². The lowest BCUT2D eigenvalue weighted by Gasteiger charge is -2.40. The number of likely N-dealkylation sites (N-methyl/N-ethyl adjacent to an activating group) is 1. The number of hydrogen-bond donors (Lipinski definition) is 1. The van der Waals surface area contributed by atoms with Crippen LogP contribution in [-0.2, 0) is 4.79 Å². The average Bonchev–Trinajstić information content (AvgIpc) is 2.98. The molecular weight excluding hydrogens is 260 g/mol. The van der Waals surface area contributed by atoms with Crippen LogP contribution in [0.1, 0.15) is 25.2 Å². The number of amides is 1. The van der Waals surface area contributed by atoms with E-state index >= 15 is 0 Å². The summed E-state index contributed by atoms with van der Waals surface area (Å²) in [5.74, 6) is 2.13. The first-order valence-electron chi connectivity index (χ1n) is 6.76. The van der Waals surface area contributed by atoms with Gasteiger partial charge in [-0.2, -0.15) is 11.8 Å². The number of carbonyl (C=O) groups is 1. The van der Waals surface area contributed by atoms with Gasteiger partial charge in [-0.05, 0) is 12.8 Å². The van der Waals surface area contributed by atoms with Gasteiger partial charge in [0.2, 0.25) is 5.91 Å². The Bertz CT molecular complexity index is 395. The van der Waals surface area contributed by atoms with Gasteiger partial charge >= 0.3 is 0 Å². The average molecular weight is 282 g/mol. The maximum Gasteiger partial charge on any atom is 0.223 e. The van der Waals surface area contributed by atoms with E-state index < -0.39 is 0 Å². The highest BCUT2D eigenvalue weighted by atomic mass is 32.2. The quantitative estimate of drug-likeness (QED) is 0.886. The Hall–Kier alpha value is -1.01. The summed E-state index contributed by atoms with van der Waals surface area (Å²) in [6.07, 6.45) is 6.29. The molecule has 1 atom stereocenters. The minimum Gasteiger partial charge on any atom is -0.347 e. The lowest BCUT2D eigenvalue weighted by molar-refractivity contribution is -0.133. The number of carbonyl (C=O) groups excluding carboxylic acids is 1. The second kappa shape index (κ2) is 6.96. The van der Waals surface area contributed by atoms with Crippen molar-refractivity contribution in [2.24, 2.45) is 0 Å². The van der Waals surface area contributed by atoms with E-state index in [1.807, 2.05) is 17.4 Å². The monoisotopic (exact) mass is 282 g/mol. The number of thioether (sulfide) groups is 1. The zero-order chi connectivity index (χ0) is 13.7. The molecular formula is C13H22N4OS. The minimum absolute atomic E-state index is 0.201. The van der Waals surface area contributed by atoms with E-state index in [4.69, 9.17) is 0 Å². The Labute approximate surface area is 118 Å². The van der Waals surface area contributed by atoms with Crippen LogP contribution < -0.4 is 0 Å². The second-order valence-electron chi connectivity index (χ2n) is 4.70. The lowest BCUT2D eigenvalue weighted by Crippen LogP contribution is -2.50. The van der Waals surface area contributed by atoms with Crippen molar-refractivity contribution in [2.75, 3.05) is 38.2 Å². The summed E-state index contributed by atoms with van der Waals surface area (Å²) in [5.41, 5.74) is 0. The van der Waals surface area contributed by atoms with Crippen LogP contribution >= 0.6 is 11.8 Å². The molecule has 0 saturated carbocycles. The molecule has 0 bridgehead atoms. The third-order valence-electron chi connectivity index (χ3n) is 3.61. The molecule has 0 radical (unpaired) electrons. The van der Waals surface area contributed by atoms with Gasteiger partial charge in [0.05, 0.1) is 6.04 Å². The molecule has 0 aliphatic carbocycles. The number of H-pyrrole nitrogens is 1. The molecule has 1 aromatic heterocycles. The fourth-order valence-corrected chi connectivity index (χ4v) is 2.87. The highest BCUT2D eigenvalue weighted by molar-refractivity contribution is 7.98. The Morgan fingerprint density at radius 1 is 1.58 bits per heavy atom. The molecule has 1 amide bonds. The van der Waals surface area contributed by atoms with Gasteiger partial charge in [0.1, 0.15) is 5.82 Å². The molecule has 0 unspecified atom stereocenters. The number of hydrogen-bond acceptors (Lipinski definition) is 4. The normalized spacial score (nSPS) is 20.7. The molecule has 2 rings (SSSR count). The van der Waals surface area contributed by atoms with Crippen LogP contribution in [-0.4, -0.2) is 63.9 Å². The molecule has 0 aromatic carbocycles. The molecule has 2 heterocycles. The van der Waals surface area contributed by atoms with Crippen molar-refractivity contribution in [1.82, 2.24) is 19.8 Å². The van der Waals surface area contributed by atoms with Gasteiger partial charge in [0.15, 0.2) is 0 Å². The third kappa shape index (κ3) is 3.51. The van der Waals surface area contributed by atoms with Gasteiger partial charge in [-0.1, -0.05) is 6.92 Å². The first-order valence-corrected chi connectivity index (χ1v) is 8.15. The molecule has 1 aliphatic heterocycles. The highest BCUT2D eigenvalue weighted by Gasteiger charge is 2.30. The molecule has 5 nitrogen and oxygen atoms in total. The summed E-state index contributed by atoms with van der Waals surface area (Å²) in [7, 11) is 0. The number of aromatic nitrogens is 2. The number of rotatable bonds is 5. The summed E-state index contributed by atoms with van der Waals surface area (Å²) in [6.45, 7) is 5.64. The smallest absolute Gasteiger partial charge is 0.223 e. The van der Waals surface area contributed by atoms with Crippen molar-refractivity contribution in [2.45, 2.75) is 19.4 Å².